The van der Waals surface area contributed by atoms with E-state index in [1.54, 1.807) is 31.4 Å². The molecule has 0 aliphatic heterocycles. The first-order valence-electron chi connectivity index (χ1n) is 7.23. The van der Waals surface area contributed by atoms with E-state index in [9.17, 15) is 4.79 Å². The van der Waals surface area contributed by atoms with Gasteiger partial charge in [0.25, 0.3) is 0 Å². The van der Waals surface area contributed by atoms with Crippen LogP contribution >= 0.6 is 0 Å². The summed E-state index contributed by atoms with van der Waals surface area (Å²) in [5.74, 6) is 0.665. The van der Waals surface area contributed by atoms with E-state index in [2.05, 4.69) is 20.7 Å². The summed E-state index contributed by atoms with van der Waals surface area (Å²) in [6, 6.07) is 14.4. The van der Waals surface area contributed by atoms with Crippen LogP contribution in [0.4, 0.5) is 11.4 Å². The highest BCUT2D eigenvalue weighted by Crippen LogP contribution is 2.23. The first-order chi connectivity index (χ1) is 11.7. The van der Waals surface area contributed by atoms with Crippen molar-refractivity contribution in [3.63, 3.8) is 0 Å². The third-order valence-electron chi connectivity index (χ3n) is 3.32. The second-order valence-electron chi connectivity index (χ2n) is 4.98. The van der Waals surface area contributed by atoms with Crippen molar-refractivity contribution >= 4 is 17.3 Å². The van der Waals surface area contributed by atoms with Crippen LogP contribution in [0.25, 0.3) is 11.4 Å². The van der Waals surface area contributed by atoms with Crippen molar-refractivity contribution < 1.29 is 9.53 Å². The fraction of sp³-hybridized carbons (Fsp3) is 0.125. The van der Waals surface area contributed by atoms with Crippen LogP contribution in [0.5, 0.6) is 5.75 Å². The normalized spacial score (nSPS) is 10.4. The summed E-state index contributed by atoms with van der Waals surface area (Å²) in [6.45, 7) is -0.0716. The maximum atomic E-state index is 12.1. The lowest BCUT2D eigenvalue weighted by atomic mass is 10.2. The summed E-state index contributed by atoms with van der Waals surface area (Å²) < 4.78 is 5.19. The molecule has 3 N–H and O–H groups in total. The number of benzene rings is 2. The largest absolute Gasteiger partial charge is 0.495 e. The van der Waals surface area contributed by atoms with E-state index in [4.69, 9.17) is 10.5 Å². The fourth-order valence-corrected chi connectivity index (χ4v) is 2.18. The van der Waals surface area contributed by atoms with Crippen LogP contribution in [-0.2, 0) is 11.3 Å². The Labute approximate surface area is 138 Å². The smallest absolute Gasteiger partial charge is 0.248 e. The van der Waals surface area contributed by atoms with Gasteiger partial charge in [0.2, 0.25) is 11.7 Å². The molecule has 3 rings (SSSR count). The Morgan fingerprint density at radius 1 is 1.21 bits per heavy atom. The lowest BCUT2D eigenvalue weighted by molar-refractivity contribution is -0.117. The van der Waals surface area contributed by atoms with Crippen molar-refractivity contribution in [3.8, 4) is 17.1 Å². The molecule has 0 saturated heterocycles. The first kappa shape index (κ1) is 15.5. The number of nitrogens with one attached hydrogen (secondary N) is 1. The highest BCUT2D eigenvalue weighted by atomic mass is 16.5. The van der Waals surface area contributed by atoms with E-state index in [-0.39, 0.29) is 12.5 Å². The monoisotopic (exact) mass is 324 g/mol. The standard InChI is InChI=1S/C16H16N6O2/c1-24-14-9-5-4-8-13(14)18-15(23)10-22-20-16(19-21-22)11-6-2-3-7-12(11)17/h2-9H,10,17H2,1H3,(H,18,23). The maximum absolute atomic E-state index is 12.1. The number of carbonyl (C=O) groups excluding carboxylic acids is 1. The molecule has 0 fully saturated rings. The molecule has 2 aromatic carbocycles. The van der Waals surface area contributed by atoms with E-state index >= 15 is 0 Å². The van der Waals surface area contributed by atoms with E-state index in [0.717, 1.165) is 0 Å². The number of amides is 1. The lowest BCUT2D eigenvalue weighted by Gasteiger charge is -2.09. The fourth-order valence-electron chi connectivity index (χ4n) is 2.18. The van der Waals surface area contributed by atoms with Crippen LogP contribution in [-0.4, -0.2) is 33.2 Å². The quantitative estimate of drug-likeness (QED) is 0.690. The van der Waals surface area contributed by atoms with Crippen LogP contribution in [0.3, 0.4) is 0 Å². The number of hydrogen-bond donors (Lipinski definition) is 2. The molecule has 0 aliphatic carbocycles. The third kappa shape index (κ3) is 3.32. The number of aromatic nitrogens is 4. The topological polar surface area (TPSA) is 108 Å². The highest BCUT2D eigenvalue weighted by molar-refractivity contribution is 5.92. The van der Waals surface area contributed by atoms with Crippen LogP contribution in [0.15, 0.2) is 48.5 Å². The number of nitrogens with zero attached hydrogens (tertiary/aromatic N) is 4. The number of anilines is 2. The molecule has 0 atom stereocenters. The summed E-state index contributed by atoms with van der Waals surface area (Å²) in [4.78, 5) is 13.4. The predicted octanol–water partition coefficient (Wildman–Crippen LogP) is 1.57. The average Bonchev–Trinajstić information content (AvgIpc) is 3.04. The molecule has 0 aliphatic rings. The molecule has 1 aromatic heterocycles. The molecule has 0 radical (unpaired) electrons. The Hall–Kier alpha value is -3.42. The number of methoxy groups -OCH3 is 1. The minimum Gasteiger partial charge on any atom is -0.495 e. The van der Waals surface area contributed by atoms with Gasteiger partial charge in [-0.2, -0.15) is 4.80 Å². The Kier molecular flexibility index (Phi) is 4.37. The van der Waals surface area contributed by atoms with Crippen molar-refractivity contribution in [1.29, 1.82) is 0 Å². The van der Waals surface area contributed by atoms with Gasteiger partial charge in [-0.05, 0) is 29.5 Å². The van der Waals surface area contributed by atoms with E-state index in [1.807, 2.05) is 24.3 Å². The zero-order valence-corrected chi connectivity index (χ0v) is 13.0. The number of rotatable bonds is 5. The summed E-state index contributed by atoms with van der Waals surface area (Å²) in [5.41, 5.74) is 7.69. The minimum atomic E-state index is -0.288. The summed E-state index contributed by atoms with van der Waals surface area (Å²) >= 11 is 0. The number of nitrogens with two attached hydrogens (primary N) is 1. The zero-order chi connectivity index (χ0) is 16.9. The lowest BCUT2D eigenvalue weighted by Crippen LogP contribution is -2.20. The van der Waals surface area contributed by atoms with Gasteiger partial charge in [-0.3, -0.25) is 4.79 Å². The van der Waals surface area contributed by atoms with Crippen molar-refractivity contribution in [2.45, 2.75) is 6.54 Å². The van der Waals surface area contributed by atoms with Gasteiger partial charge in [0.15, 0.2) is 0 Å². The van der Waals surface area contributed by atoms with Gasteiger partial charge in [-0.1, -0.05) is 24.3 Å². The van der Waals surface area contributed by atoms with Gasteiger partial charge in [-0.15, -0.1) is 10.2 Å². The highest BCUT2D eigenvalue weighted by Gasteiger charge is 2.12. The Balaban J connectivity index is 1.71. The number of tetrazole rings is 1. The number of nitrogen functional groups attached to an aromatic ring is 1. The third-order valence-corrected chi connectivity index (χ3v) is 3.32. The van der Waals surface area contributed by atoms with Gasteiger partial charge in [0.1, 0.15) is 12.3 Å². The van der Waals surface area contributed by atoms with Gasteiger partial charge < -0.3 is 15.8 Å². The summed E-state index contributed by atoms with van der Waals surface area (Å²) in [5, 5.41) is 14.8. The Morgan fingerprint density at radius 2 is 1.96 bits per heavy atom. The molecule has 3 aromatic rings. The Bertz CT molecular complexity index is 861. The molecule has 0 unspecified atom stereocenters. The van der Waals surface area contributed by atoms with Gasteiger partial charge in [-0.25, -0.2) is 0 Å². The predicted molar refractivity (Wildman–Crippen MR) is 89.3 cm³/mol. The van der Waals surface area contributed by atoms with Crippen LogP contribution in [0.2, 0.25) is 0 Å². The summed E-state index contributed by atoms with van der Waals surface area (Å²) in [6.07, 6.45) is 0. The molecule has 0 saturated carbocycles. The van der Waals surface area contributed by atoms with Crippen molar-refractivity contribution in [2.75, 3.05) is 18.2 Å². The van der Waals surface area contributed by atoms with E-state index < -0.39 is 0 Å². The zero-order valence-electron chi connectivity index (χ0n) is 13.0. The number of para-hydroxylation sites is 3. The van der Waals surface area contributed by atoms with Gasteiger partial charge in [0.05, 0.1) is 12.8 Å². The van der Waals surface area contributed by atoms with Crippen molar-refractivity contribution in [3.05, 3.63) is 48.5 Å². The van der Waals surface area contributed by atoms with E-state index in [1.165, 1.54) is 4.80 Å². The van der Waals surface area contributed by atoms with Gasteiger partial charge in [0, 0.05) is 11.3 Å². The number of ether oxygens (including phenoxy) is 1. The molecule has 1 amide bonds. The van der Waals surface area contributed by atoms with Crippen molar-refractivity contribution in [1.82, 2.24) is 20.2 Å². The minimum absolute atomic E-state index is 0.0716. The molecule has 8 heteroatoms. The molecule has 0 spiro atoms. The second kappa shape index (κ2) is 6.78. The molecule has 1 heterocycles. The summed E-state index contributed by atoms with van der Waals surface area (Å²) in [7, 11) is 1.54. The van der Waals surface area contributed by atoms with Crippen LogP contribution in [0, 0.1) is 0 Å². The molecule has 0 bridgehead atoms. The average molecular weight is 324 g/mol. The molecule has 122 valence electrons. The van der Waals surface area contributed by atoms with E-state index in [0.29, 0.717) is 28.5 Å². The first-order valence-corrected chi connectivity index (χ1v) is 7.23. The molecular formula is C16H16N6O2. The maximum Gasteiger partial charge on any atom is 0.248 e. The molecule has 24 heavy (non-hydrogen) atoms. The SMILES string of the molecule is COc1ccccc1NC(=O)Cn1nnc(-c2ccccc2N)n1. The Morgan fingerprint density at radius 3 is 2.75 bits per heavy atom. The van der Waals surface area contributed by atoms with Crippen LogP contribution in [0.1, 0.15) is 0 Å². The molecule has 8 nitrogen and oxygen atoms in total. The number of hydrogen-bond acceptors (Lipinski definition) is 6. The molecular weight excluding hydrogens is 308 g/mol. The van der Waals surface area contributed by atoms with Crippen LogP contribution < -0.4 is 15.8 Å². The van der Waals surface area contributed by atoms with Crippen molar-refractivity contribution in [2.24, 2.45) is 0 Å². The van der Waals surface area contributed by atoms with Gasteiger partial charge >= 0.3 is 0 Å². The number of carbonyl (C=O) groups is 1. The second-order valence-corrected chi connectivity index (χ2v) is 4.98.